The summed E-state index contributed by atoms with van der Waals surface area (Å²) in [6.07, 6.45) is 4.42. The summed E-state index contributed by atoms with van der Waals surface area (Å²) in [5, 5.41) is 13.6. The van der Waals surface area contributed by atoms with E-state index in [4.69, 9.17) is 17.2 Å². The molecule has 2 aliphatic rings. The number of aliphatic hydroxyl groups excluding tert-OH is 1. The van der Waals surface area contributed by atoms with Gasteiger partial charge < -0.3 is 20.2 Å². The van der Waals surface area contributed by atoms with E-state index in [1.165, 1.54) is 24.0 Å². The second-order valence-corrected chi connectivity index (χ2v) is 8.89. The predicted molar refractivity (Wildman–Crippen MR) is 135 cm³/mol. The molecule has 0 amide bonds. The highest BCUT2D eigenvalue weighted by Crippen LogP contribution is 2.44. The maximum atomic E-state index is 9.33. The van der Waals surface area contributed by atoms with Crippen molar-refractivity contribution in [3.63, 3.8) is 0 Å². The number of aliphatic hydroxyl groups is 1. The van der Waals surface area contributed by atoms with Crippen molar-refractivity contribution in [2.75, 3.05) is 34.8 Å². The molecule has 1 aliphatic heterocycles. The highest BCUT2D eigenvalue weighted by atomic mass is 32.1. The number of nitrogens with zero attached hydrogens (tertiary/aromatic N) is 3. The lowest BCUT2D eigenvalue weighted by atomic mass is 9.93. The second-order valence-electron chi connectivity index (χ2n) is 8.53. The lowest BCUT2D eigenvalue weighted by Gasteiger charge is -2.37. The molecule has 1 saturated carbocycles. The molecule has 4 rings (SSSR count). The molecule has 31 heavy (non-hydrogen) atoms. The summed E-state index contributed by atoms with van der Waals surface area (Å²) in [5.41, 5.74) is 5.55. The monoisotopic (exact) mass is 436 g/mol. The minimum Gasteiger partial charge on any atom is -0.395 e. The van der Waals surface area contributed by atoms with Gasteiger partial charge in [0.1, 0.15) is 11.4 Å². The zero-order valence-corrected chi connectivity index (χ0v) is 19.5. The van der Waals surface area contributed by atoms with Crippen LogP contribution >= 0.6 is 12.2 Å². The Morgan fingerprint density at radius 3 is 2.32 bits per heavy atom. The lowest BCUT2D eigenvalue weighted by Crippen LogP contribution is -2.52. The van der Waals surface area contributed by atoms with E-state index in [0.29, 0.717) is 11.7 Å². The van der Waals surface area contributed by atoms with Gasteiger partial charge >= 0.3 is 0 Å². The average Bonchev–Trinajstić information content (AvgIpc) is 3.35. The van der Waals surface area contributed by atoms with E-state index in [2.05, 4.69) is 78.4 Å². The van der Waals surface area contributed by atoms with Crippen molar-refractivity contribution in [3.05, 3.63) is 53.6 Å². The van der Waals surface area contributed by atoms with Crippen LogP contribution in [-0.2, 0) is 0 Å². The molecular formula is C25H32N4OS. The minimum absolute atomic E-state index is 0.149. The Hall–Kier alpha value is -2.44. The fourth-order valence-corrected chi connectivity index (χ4v) is 5.37. The van der Waals surface area contributed by atoms with Gasteiger partial charge in [-0.3, -0.25) is 0 Å². The maximum absolute atomic E-state index is 9.33. The summed E-state index contributed by atoms with van der Waals surface area (Å²) in [6, 6.07) is 14.9. The van der Waals surface area contributed by atoms with Crippen molar-refractivity contribution >= 4 is 40.2 Å². The molecule has 5 nitrogen and oxygen atoms in total. The number of aryl methyl sites for hydroxylation is 2. The number of likely N-dealkylation sites (N-methyl/N-ethyl adjacent to an activating group) is 1. The van der Waals surface area contributed by atoms with Crippen LogP contribution in [0.15, 0.2) is 47.5 Å². The summed E-state index contributed by atoms with van der Waals surface area (Å²) in [5.74, 6) is 0.979. The van der Waals surface area contributed by atoms with Gasteiger partial charge in [0.05, 0.1) is 6.61 Å². The Morgan fingerprint density at radius 2 is 1.74 bits per heavy atom. The second kappa shape index (κ2) is 8.97. The summed E-state index contributed by atoms with van der Waals surface area (Å²) in [6.45, 7) is 8.01. The van der Waals surface area contributed by atoms with Crippen LogP contribution < -0.4 is 15.1 Å². The van der Waals surface area contributed by atoms with Gasteiger partial charge in [-0.25, -0.2) is 4.99 Å². The molecule has 6 heteroatoms. The fourth-order valence-electron chi connectivity index (χ4n) is 4.99. The van der Waals surface area contributed by atoms with Crippen molar-refractivity contribution in [1.29, 1.82) is 0 Å². The lowest BCUT2D eigenvalue weighted by molar-refractivity contribution is 0.302. The van der Waals surface area contributed by atoms with Crippen LogP contribution in [0, 0.1) is 13.8 Å². The van der Waals surface area contributed by atoms with Crippen LogP contribution in [0.4, 0.5) is 17.1 Å². The number of benzene rings is 2. The molecule has 2 N–H and O–H groups in total. The summed E-state index contributed by atoms with van der Waals surface area (Å²) >= 11 is 5.79. The van der Waals surface area contributed by atoms with Crippen LogP contribution in [0.5, 0.6) is 0 Å². The smallest absolute Gasteiger partial charge is 0.202 e. The van der Waals surface area contributed by atoms with Crippen LogP contribution in [0.3, 0.4) is 0 Å². The molecule has 1 heterocycles. The van der Waals surface area contributed by atoms with Gasteiger partial charge in [-0.15, -0.1) is 0 Å². The standard InChI is InChI=1S/C25H32N4OS/c1-4-28(16-17-30)20-10-12-21(13-11-20)29-24(31)27-23(25(29)14-5-6-15-25)26-22-18(2)8-7-9-19(22)3/h7-13,30H,4-6,14-17H2,1-3H3,(H,26,27,31). The molecule has 164 valence electrons. The van der Waals surface area contributed by atoms with Gasteiger partial charge in [-0.1, -0.05) is 31.0 Å². The quantitative estimate of drug-likeness (QED) is 0.621. The first-order valence-corrected chi connectivity index (χ1v) is 11.6. The highest BCUT2D eigenvalue weighted by Gasteiger charge is 2.50. The van der Waals surface area contributed by atoms with E-state index in [-0.39, 0.29) is 12.1 Å². The van der Waals surface area contributed by atoms with Gasteiger partial charge in [0.25, 0.3) is 0 Å². The first kappa shape index (κ1) is 21.8. The Labute approximate surface area is 190 Å². The largest absolute Gasteiger partial charge is 0.395 e. The molecule has 2 aromatic carbocycles. The number of rotatable bonds is 6. The van der Waals surface area contributed by atoms with Gasteiger partial charge in [-0.2, -0.15) is 0 Å². The molecule has 0 bridgehead atoms. The van der Waals surface area contributed by atoms with E-state index in [1.807, 2.05) is 0 Å². The summed E-state index contributed by atoms with van der Waals surface area (Å²) in [4.78, 5) is 9.31. The summed E-state index contributed by atoms with van der Waals surface area (Å²) in [7, 11) is 0. The third-order valence-corrected chi connectivity index (χ3v) is 6.92. The van der Waals surface area contributed by atoms with Gasteiger partial charge in [0.2, 0.25) is 5.11 Å². The molecule has 0 saturated heterocycles. The summed E-state index contributed by atoms with van der Waals surface area (Å²) < 4.78 is 0. The zero-order valence-electron chi connectivity index (χ0n) is 18.7. The number of para-hydroxylation sites is 1. The molecular weight excluding hydrogens is 404 g/mol. The van der Waals surface area contributed by atoms with Crippen LogP contribution in [0.2, 0.25) is 0 Å². The number of hydrogen-bond donors (Lipinski definition) is 2. The van der Waals surface area contributed by atoms with Crippen molar-refractivity contribution in [1.82, 2.24) is 0 Å². The number of nitrogens with one attached hydrogen (secondary N) is 1. The third-order valence-electron chi connectivity index (χ3n) is 6.65. The van der Waals surface area contributed by atoms with Gasteiger partial charge in [-0.05, 0) is 81.2 Å². The number of hydrogen-bond acceptors (Lipinski definition) is 4. The van der Waals surface area contributed by atoms with E-state index < -0.39 is 0 Å². The number of aliphatic imine (C=N–C) groups is 1. The van der Waals surface area contributed by atoms with Gasteiger partial charge in [0, 0.05) is 30.2 Å². The molecule has 0 unspecified atom stereocenters. The Bertz CT molecular complexity index is 959. The zero-order chi connectivity index (χ0) is 22.0. The van der Waals surface area contributed by atoms with Crippen LogP contribution in [0.1, 0.15) is 43.7 Å². The maximum Gasteiger partial charge on any atom is 0.202 e. The number of anilines is 3. The first-order chi connectivity index (χ1) is 15.0. The number of thiocarbonyl (C=S) groups is 1. The predicted octanol–water partition coefficient (Wildman–Crippen LogP) is 5.05. The molecule has 0 aromatic heterocycles. The normalized spacial score (nSPS) is 17.4. The van der Waals surface area contributed by atoms with Crippen LogP contribution in [-0.4, -0.2) is 41.3 Å². The van der Waals surface area contributed by atoms with E-state index >= 15 is 0 Å². The van der Waals surface area contributed by atoms with Gasteiger partial charge in [0.15, 0.2) is 0 Å². The molecule has 1 aliphatic carbocycles. The minimum atomic E-state index is -0.205. The third kappa shape index (κ3) is 3.94. The SMILES string of the molecule is CCN(CCO)c1ccc(N2C(=S)N=C(Nc3c(C)cccc3C)C23CCCC3)cc1. The Balaban J connectivity index is 1.66. The molecule has 0 atom stereocenters. The fraction of sp³-hybridized carbons (Fsp3) is 0.440. The molecule has 2 aromatic rings. The highest BCUT2D eigenvalue weighted by molar-refractivity contribution is 7.80. The van der Waals surface area contributed by atoms with Crippen molar-refractivity contribution in [2.24, 2.45) is 4.99 Å². The van der Waals surface area contributed by atoms with Crippen molar-refractivity contribution in [3.8, 4) is 0 Å². The Kier molecular flexibility index (Phi) is 6.30. The molecule has 1 spiro atoms. The Morgan fingerprint density at radius 1 is 1.10 bits per heavy atom. The van der Waals surface area contributed by atoms with Crippen molar-refractivity contribution < 1.29 is 5.11 Å². The molecule has 1 fully saturated rings. The van der Waals surface area contributed by atoms with E-state index in [9.17, 15) is 5.11 Å². The first-order valence-electron chi connectivity index (χ1n) is 11.2. The van der Waals surface area contributed by atoms with Crippen LogP contribution in [0.25, 0.3) is 0 Å². The molecule has 0 radical (unpaired) electrons. The topological polar surface area (TPSA) is 51.1 Å². The van der Waals surface area contributed by atoms with E-state index in [0.717, 1.165) is 42.3 Å². The van der Waals surface area contributed by atoms with Crippen molar-refractivity contribution in [2.45, 2.75) is 52.0 Å². The van der Waals surface area contributed by atoms with E-state index in [1.54, 1.807) is 0 Å². The number of amidine groups is 1. The average molecular weight is 437 g/mol.